The Labute approximate surface area is 126 Å². The second-order valence-electron chi connectivity index (χ2n) is 6.97. The predicted octanol–water partition coefficient (Wildman–Crippen LogP) is 1.32. The summed E-state index contributed by atoms with van der Waals surface area (Å²) in [5.41, 5.74) is 0.340. The minimum atomic E-state index is -0.798. The van der Waals surface area contributed by atoms with Gasteiger partial charge in [-0.05, 0) is 25.2 Å². The molecule has 2 amide bonds. The molecule has 6 nitrogen and oxygen atoms in total. The highest BCUT2D eigenvalue weighted by Gasteiger charge is 2.32. The van der Waals surface area contributed by atoms with Gasteiger partial charge in [-0.2, -0.15) is 0 Å². The topological polar surface area (TPSA) is 64.1 Å². The van der Waals surface area contributed by atoms with Crippen LogP contribution in [0.15, 0.2) is 0 Å². The molecule has 1 N–H and O–H groups in total. The van der Waals surface area contributed by atoms with Gasteiger partial charge in [0.1, 0.15) is 6.04 Å². The Bertz CT molecular complexity index is 393. The molecule has 120 valence electrons. The summed E-state index contributed by atoms with van der Waals surface area (Å²) in [5.74, 6) is -0.798. The van der Waals surface area contributed by atoms with E-state index < -0.39 is 12.0 Å². The van der Waals surface area contributed by atoms with Gasteiger partial charge in [-0.25, -0.2) is 4.79 Å². The van der Waals surface area contributed by atoms with Crippen molar-refractivity contribution in [2.24, 2.45) is 5.41 Å². The van der Waals surface area contributed by atoms with Crippen molar-refractivity contribution in [3.05, 3.63) is 0 Å². The molecular formula is C15H27N3O3. The number of hydrogen-bond donors (Lipinski definition) is 1. The molecule has 2 saturated heterocycles. The number of piperidine rings is 1. The highest BCUT2D eigenvalue weighted by atomic mass is 16.4. The van der Waals surface area contributed by atoms with Gasteiger partial charge in [-0.1, -0.05) is 13.8 Å². The van der Waals surface area contributed by atoms with Gasteiger partial charge in [0, 0.05) is 39.3 Å². The molecule has 2 heterocycles. The van der Waals surface area contributed by atoms with E-state index in [1.807, 2.05) is 14.7 Å². The Hall–Kier alpha value is -1.30. The van der Waals surface area contributed by atoms with Crippen molar-refractivity contribution in [2.75, 3.05) is 39.3 Å². The minimum absolute atomic E-state index is 0.119. The number of amides is 2. The highest BCUT2D eigenvalue weighted by Crippen LogP contribution is 2.30. The maximum absolute atomic E-state index is 12.5. The number of carbonyl (C=O) groups excluding carboxylic acids is 1. The van der Waals surface area contributed by atoms with Crippen molar-refractivity contribution in [3.63, 3.8) is 0 Å². The van der Waals surface area contributed by atoms with Crippen molar-refractivity contribution in [3.8, 4) is 0 Å². The van der Waals surface area contributed by atoms with Crippen LogP contribution in [0.4, 0.5) is 4.79 Å². The number of carboxylic acids is 1. The number of hydrogen-bond acceptors (Lipinski definition) is 3. The summed E-state index contributed by atoms with van der Waals surface area (Å²) in [4.78, 5) is 29.2. The van der Waals surface area contributed by atoms with Crippen LogP contribution in [-0.2, 0) is 4.79 Å². The Morgan fingerprint density at radius 2 is 1.43 bits per heavy atom. The SMILES string of the molecule is CC(C(=O)O)N1CCN(C(=O)N2CCC(C)(C)CC2)CC1. The van der Waals surface area contributed by atoms with Crippen LogP contribution in [0, 0.1) is 5.41 Å². The molecule has 2 rings (SSSR count). The highest BCUT2D eigenvalue weighted by molar-refractivity contribution is 5.75. The van der Waals surface area contributed by atoms with E-state index in [1.165, 1.54) is 0 Å². The fourth-order valence-corrected chi connectivity index (χ4v) is 2.96. The number of likely N-dealkylation sites (tertiary alicyclic amines) is 1. The van der Waals surface area contributed by atoms with E-state index in [9.17, 15) is 9.59 Å². The van der Waals surface area contributed by atoms with E-state index in [2.05, 4.69) is 13.8 Å². The fraction of sp³-hybridized carbons (Fsp3) is 0.867. The molecule has 6 heteroatoms. The van der Waals surface area contributed by atoms with Gasteiger partial charge in [0.25, 0.3) is 0 Å². The lowest BCUT2D eigenvalue weighted by Crippen LogP contribution is -2.56. The number of nitrogens with zero attached hydrogens (tertiary/aromatic N) is 3. The summed E-state index contributed by atoms with van der Waals surface area (Å²) in [7, 11) is 0. The quantitative estimate of drug-likeness (QED) is 0.835. The van der Waals surface area contributed by atoms with Crippen LogP contribution >= 0.6 is 0 Å². The fourth-order valence-electron chi connectivity index (χ4n) is 2.96. The van der Waals surface area contributed by atoms with Crippen molar-refractivity contribution < 1.29 is 14.7 Å². The third-order valence-corrected chi connectivity index (χ3v) is 4.88. The number of piperazine rings is 1. The Morgan fingerprint density at radius 3 is 1.90 bits per heavy atom. The van der Waals surface area contributed by atoms with Crippen LogP contribution in [0.5, 0.6) is 0 Å². The van der Waals surface area contributed by atoms with Crippen LogP contribution < -0.4 is 0 Å². The number of urea groups is 1. The molecule has 0 aromatic carbocycles. The number of carboxylic acid groups (broad SMARTS) is 1. The van der Waals surface area contributed by atoms with Gasteiger partial charge in [0.2, 0.25) is 0 Å². The second kappa shape index (κ2) is 6.22. The molecule has 2 fully saturated rings. The Morgan fingerprint density at radius 1 is 0.952 bits per heavy atom. The third kappa shape index (κ3) is 3.87. The van der Waals surface area contributed by atoms with E-state index >= 15 is 0 Å². The maximum Gasteiger partial charge on any atom is 0.320 e. The first-order valence-electron chi connectivity index (χ1n) is 7.81. The zero-order valence-electron chi connectivity index (χ0n) is 13.3. The zero-order chi connectivity index (χ0) is 15.6. The summed E-state index contributed by atoms with van der Waals surface area (Å²) < 4.78 is 0. The number of aliphatic carboxylic acids is 1. The molecule has 0 saturated carbocycles. The molecule has 2 aliphatic rings. The Kier molecular flexibility index (Phi) is 4.76. The maximum atomic E-state index is 12.5. The lowest BCUT2D eigenvalue weighted by molar-refractivity contribution is -0.143. The van der Waals surface area contributed by atoms with Gasteiger partial charge in [-0.3, -0.25) is 9.69 Å². The largest absolute Gasteiger partial charge is 0.480 e. The van der Waals surface area contributed by atoms with Crippen molar-refractivity contribution >= 4 is 12.0 Å². The second-order valence-corrected chi connectivity index (χ2v) is 6.97. The first-order valence-corrected chi connectivity index (χ1v) is 7.81. The normalized spacial score (nSPS) is 24.7. The van der Waals surface area contributed by atoms with Crippen molar-refractivity contribution in [2.45, 2.75) is 39.7 Å². The average molecular weight is 297 g/mol. The summed E-state index contributed by atoms with van der Waals surface area (Å²) in [6.07, 6.45) is 2.10. The molecule has 21 heavy (non-hydrogen) atoms. The van der Waals surface area contributed by atoms with Gasteiger partial charge >= 0.3 is 12.0 Å². The smallest absolute Gasteiger partial charge is 0.320 e. The predicted molar refractivity (Wildman–Crippen MR) is 80.2 cm³/mol. The van der Waals surface area contributed by atoms with Crippen molar-refractivity contribution in [1.29, 1.82) is 0 Å². The minimum Gasteiger partial charge on any atom is -0.480 e. The number of rotatable bonds is 2. The molecule has 0 aromatic heterocycles. The lowest BCUT2D eigenvalue weighted by Gasteiger charge is -2.42. The van der Waals surface area contributed by atoms with E-state index in [0.717, 1.165) is 25.9 Å². The van der Waals surface area contributed by atoms with Crippen molar-refractivity contribution in [1.82, 2.24) is 14.7 Å². The van der Waals surface area contributed by atoms with Gasteiger partial charge < -0.3 is 14.9 Å². The molecular weight excluding hydrogens is 270 g/mol. The molecule has 1 unspecified atom stereocenters. The zero-order valence-corrected chi connectivity index (χ0v) is 13.3. The molecule has 0 aromatic rings. The molecule has 0 aliphatic carbocycles. The van der Waals surface area contributed by atoms with Crippen LogP contribution in [0.2, 0.25) is 0 Å². The summed E-state index contributed by atoms with van der Waals surface area (Å²) >= 11 is 0. The van der Waals surface area contributed by atoms with Gasteiger partial charge in [0.05, 0.1) is 0 Å². The summed E-state index contributed by atoms with van der Waals surface area (Å²) in [6, 6.07) is -0.355. The lowest BCUT2D eigenvalue weighted by atomic mass is 9.83. The summed E-state index contributed by atoms with van der Waals surface area (Å²) in [5, 5.41) is 9.03. The molecule has 2 aliphatic heterocycles. The third-order valence-electron chi connectivity index (χ3n) is 4.88. The molecule has 0 bridgehead atoms. The van der Waals surface area contributed by atoms with Crippen LogP contribution in [-0.4, -0.2) is 77.1 Å². The van der Waals surface area contributed by atoms with E-state index in [4.69, 9.17) is 5.11 Å². The monoisotopic (exact) mass is 297 g/mol. The van der Waals surface area contributed by atoms with E-state index in [-0.39, 0.29) is 6.03 Å². The van der Waals surface area contributed by atoms with Gasteiger partial charge in [0.15, 0.2) is 0 Å². The van der Waals surface area contributed by atoms with E-state index in [0.29, 0.717) is 31.6 Å². The molecule has 0 radical (unpaired) electrons. The number of carbonyl (C=O) groups is 2. The Balaban J connectivity index is 1.82. The molecule has 1 atom stereocenters. The summed E-state index contributed by atoms with van der Waals surface area (Å²) in [6.45, 7) is 10.4. The van der Waals surface area contributed by atoms with Crippen LogP contribution in [0.1, 0.15) is 33.6 Å². The average Bonchev–Trinajstić information content (AvgIpc) is 2.46. The van der Waals surface area contributed by atoms with Crippen LogP contribution in [0.3, 0.4) is 0 Å². The van der Waals surface area contributed by atoms with Crippen LogP contribution in [0.25, 0.3) is 0 Å². The van der Waals surface area contributed by atoms with Gasteiger partial charge in [-0.15, -0.1) is 0 Å². The molecule has 0 spiro atoms. The first kappa shape index (κ1) is 16.1. The first-order chi connectivity index (χ1) is 9.80. The standard InChI is InChI=1S/C15H27N3O3/c1-12(13(19)20)16-8-10-18(11-9-16)14(21)17-6-4-15(2,3)5-7-17/h12H,4-11H2,1-3H3,(H,19,20). The van der Waals surface area contributed by atoms with E-state index in [1.54, 1.807) is 6.92 Å².